The van der Waals surface area contributed by atoms with Gasteiger partial charge in [-0.05, 0) is 58.8 Å². The standard InChI is InChI=1S/2C27H31.C4H7F3Si.2ClH.Zr/c2*1-3-20(2)23-13-15-24(16-14-23)26-12-8-11-25-18-22(19-27(25)26)17-21-9-6-4-5-7-10-21;1-8-3-2-4(5,6)7;;;/h2*8,11-17,19-21H,3-7,9-10H2,1-2H3;2-3H2,1H3;2*1H;/q2*-1;;;;+2/p-2. The van der Waals surface area contributed by atoms with Gasteiger partial charge < -0.3 is 24.8 Å². The molecule has 0 aromatic heterocycles. The number of alkyl halides is 3. The summed E-state index contributed by atoms with van der Waals surface area (Å²) in [6, 6.07) is 32.0. The number of hydrogen-bond donors (Lipinski definition) is 0. The van der Waals surface area contributed by atoms with Crippen LogP contribution in [0.15, 0.2) is 108 Å². The summed E-state index contributed by atoms with van der Waals surface area (Å²) >= 11 is 1.29. The van der Waals surface area contributed by atoms with Gasteiger partial charge in [0.25, 0.3) is 0 Å². The third-order valence-corrected chi connectivity index (χ3v) is 16.4. The number of rotatable bonds is 10. The Bertz CT molecular complexity index is 2280. The fourth-order valence-corrected chi connectivity index (χ4v) is 10.9. The summed E-state index contributed by atoms with van der Waals surface area (Å²) in [5.41, 5.74) is 10.1. The van der Waals surface area contributed by atoms with Crippen LogP contribution >= 0.6 is 0 Å². The predicted molar refractivity (Wildman–Crippen MR) is 261 cm³/mol. The molecule has 346 valence electrons. The molecule has 0 radical (unpaired) electrons. The number of benzene rings is 4. The van der Waals surface area contributed by atoms with Crippen molar-refractivity contribution in [1.29, 1.82) is 0 Å². The van der Waals surface area contributed by atoms with Crippen molar-refractivity contribution in [2.45, 2.75) is 155 Å². The zero-order chi connectivity index (χ0) is 44.8. The van der Waals surface area contributed by atoms with E-state index in [9.17, 15) is 13.2 Å². The summed E-state index contributed by atoms with van der Waals surface area (Å²) in [4.78, 5) is 0. The summed E-state index contributed by atoms with van der Waals surface area (Å²) in [6.45, 7) is 11.0. The molecule has 4 aliphatic rings. The van der Waals surface area contributed by atoms with Gasteiger partial charge >= 0.3 is 67.1 Å². The van der Waals surface area contributed by atoms with E-state index in [4.69, 9.17) is 0 Å². The van der Waals surface area contributed by atoms with Gasteiger partial charge in [0.05, 0.1) is 0 Å². The summed E-state index contributed by atoms with van der Waals surface area (Å²) in [7, 11) is 0. The maximum absolute atomic E-state index is 11.4. The van der Waals surface area contributed by atoms with Crippen LogP contribution in [0.4, 0.5) is 13.2 Å². The van der Waals surface area contributed by atoms with Crippen molar-refractivity contribution in [3.05, 3.63) is 140 Å². The number of hydrogen-bond acceptors (Lipinski definition) is 0. The van der Waals surface area contributed by atoms with Gasteiger partial charge in [-0.2, -0.15) is 0 Å². The number of halogens is 5. The summed E-state index contributed by atoms with van der Waals surface area (Å²) < 4.78 is 34.3. The van der Waals surface area contributed by atoms with Crippen LogP contribution in [0.25, 0.3) is 46.6 Å². The Hall–Kier alpha value is -2.69. The molecule has 4 aliphatic carbocycles. The van der Waals surface area contributed by atoms with E-state index in [1.165, 1.54) is 179 Å². The van der Waals surface area contributed by atoms with Crippen molar-refractivity contribution in [1.82, 2.24) is 0 Å². The first kappa shape index (κ1) is 54.9. The Kier molecular flexibility index (Phi) is 23.1. The number of allylic oxidation sites excluding steroid dienone is 4. The van der Waals surface area contributed by atoms with E-state index in [2.05, 4.69) is 149 Å². The van der Waals surface area contributed by atoms with E-state index in [1.807, 2.05) is 6.55 Å². The van der Waals surface area contributed by atoms with Gasteiger partial charge in [-0.15, -0.1) is 80.6 Å². The summed E-state index contributed by atoms with van der Waals surface area (Å²) in [5, 5.41) is 5.18. The van der Waals surface area contributed by atoms with Gasteiger partial charge in [0.1, 0.15) is 0 Å². The first-order chi connectivity index (χ1) is 30.4. The van der Waals surface area contributed by atoms with Crippen molar-refractivity contribution in [3.63, 3.8) is 0 Å². The van der Waals surface area contributed by atoms with Gasteiger partial charge in [0.15, 0.2) is 0 Å². The molecular weight excluding hydrogens is 944 g/mol. The molecule has 0 saturated heterocycles. The van der Waals surface area contributed by atoms with Crippen LogP contribution in [0, 0.1) is 11.8 Å². The normalized spacial score (nSPS) is 18.1. The van der Waals surface area contributed by atoms with Crippen LogP contribution < -0.4 is 45.7 Å². The molecule has 2 atom stereocenters. The molecule has 0 heterocycles. The topological polar surface area (TPSA) is 0 Å². The molecule has 7 heteroatoms. The molecule has 0 N–H and O–H groups in total. The monoisotopic (exact) mass is 1010 g/mol. The Morgan fingerprint density at radius 3 is 1.28 bits per heavy atom. The van der Waals surface area contributed by atoms with E-state index >= 15 is 0 Å². The Labute approximate surface area is 417 Å². The van der Waals surface area contributed by atoms with Crippen molar-refractivity contribution in [2.75, 3.05) is 0 Å². The third-order valence-electron chi connectivity index (χ3n) is 13.6. The molecule has 0 nitrogen and oxygen atoms in total. The molecule has 0 bridgehead atoms. The molecule has 0 aliphatic heterocycles. The largest absolute Gasteiger partial charge is 1.00 e. The molecular formula is C58H69Cl2F3SiZr-2. The fraction of sp³-hybridized carbons (Fsp3) is 0.448. The Morgan fingerprint density at radius 1 is 0.600 bits per heavy atom. The second-order valence-electron chi connectivity index (χ2n) is 18.6. The van der Waals surface area contributed by atoms with Crippen LogP contribution in [0.1, 0.15) is 147 Å². The minimum atomic E-state index is -3.93. The van der Waals surface area contributed by atoms with Crippen LogP contribution in [0.3, 0.4) is 0 Å². The van der Waals surface area contributed by atoms with Crippen molar-refractivity contribution in [3.8, 4) is 22.3 Å². The van der Waals surface area contributed by atoms with Gasteiger partial charge in [0.2, 0.25) is 0 Å². The maximum atomic E-state index is 11.4. The maximum Gasteiger partial charge on any atom is -1.00 e. The Morgan fingerprint density at radius 2 is 0.969 bits per heavy atom. The summed E-state index contributed by atoms with van der Waals surface area (Å²) in [6.07, 6.45) is 31.4. The van der Waals surface area contributed by atoms with Crippen molar-refractivity contribution >= 4 is 29.7 Å². The quantitative estimate of drug-likeness (QED) is 0.0850. The molecule has 2 fully saturated rings. The summed E-state index contributed by atoms with van der Waals surface area (Å²) in [5.74, 6) is 2.73. The van der Waals surface area contributed by atoms with Crippen LogP contribution in [0.2, 0.25) is 12.6 Å². The first-order valence-electron chi connectivity index (χ1n) is 24.1. The van der Waals surface area contributed by atoms with Crippen LogP contribution in [-0.4, -0.2) is 11.6 Å². The zero-order valence-electron chi connectivity index (χ0n) is 39.4. The Balaban J connectivity index is 0.000000234. The SMILES string of the molecule is CCC(C)c1ccc(-c2cccc3c2=CC(=CC2CCCCCC2)[C-]=3)cc1.CCC(C)c1ccc(-c2cccc3c2=CC(=CC2CCCCCC2)[C-]=3)cc1.C[Si](=[Zr+2])CCC(F)(F)F.[Cl-].[Cl-]. The van der Waals surface area contributed by atoms with Gasteiger partial charge in [-0.1, -0.05) is 189 Å². The zero-order valence-corrected chi connectivity index (χ0v) is 44.4. The van der Waals surface area contributed by atoms with E-state index < -0.39 is 18.0 Å². The molecule has 8 rings (SSSR count). The van der Waals surface area contributed by atoms with E-state index in [0.717, 1.165) is 11.8 Å². The second kappa shape index (κ2) is 27.3. The van der Waals surface area contributed by atoms with Gasteiger partial charge in [0, 0.05) is 0 Å². The minimum Gasteiger partial charge on any atom is -1.00 e. The van der Waals surface area contributed by atoms with Crippen LogP contribution in [-0.2, 0) is 23.3 Å². The van der Waals surface area contributed by atoms with Gasteiger partial charge in [-0.3, -0.25) is 0 Å². The average molecular weight is 1010 g/mol. The number of fused-ring (bicyclic) bond motifs is 2. The fourth-order valence-electron chi connectivity index (χ4n) is 9.28. The molecule has 4 aromatic rings. The molecule has 0 amide bonds. The average Bonchev–Trinajstić information content (AvgIpc) is 3.68. The van der Waals surface area contributed by atoms with E-state index in [0.29, 0.717) is 17.9 Å². The minimum absolute atomic E-state index is 0. The predicted octanol–water partition coefficient (Wildman–Crippen LogP) is 8.55. The van der Waals surface area contributed by atoms with E-state index in [-0.39, 0.29) is 24.8 Å². The molecule has 2 saturated carbocycles. The molecule has 65 heavy (non-hydrogen) atoms. The second-order valence-corrected chi connectivity index (χ2v) is 26.9. The van der Waals surface area contributed by atoms with Crippen molar-refractivity contribution < 1.29 is 61.3 Å². The first-order valence-corrected chi connectivity index (χ1v) is 30.0. The van der Waals surface area contributed by atoms with Crippen molar-refractivity contribution in [2.24, 2.45) is 11.8 Å². The molecule has 2 unspecified atom stereocenters. The molecule has 0 spiro atoms. The smallest absolute Gasteiger partial charge is 1.00 e. The van der Waals surface area contributed by atoms with Crippen LogP contribution in [0.5, 0.6) is 0 Å². The van der Waals surface area contributed by atoms with Gasteiger partial charge in [-0.25, -0.2) is 0 Å². The van der Waals surface area contributed by atoms with E-state index in [1.54, 1.807) is 0 Å². The molecule has 4 aromatic carbocycles. The third kappa shape index (κ3) is 16.8.